The normalized spacial score (nSPS) is 19.7. The van der Waals surface area contributed by atoms with E-state index in [1.54, 1.807) is 17.0 Å². The predicted molar refractivity (Wildman–Crippen MR) is 119 cm³/mol. The molecule has 2 fully saturated rings. The summed E-state index contributed by atoms with van der Waals surface area (Å²) in [5.41, 5.74) is 0. The molecule has 31 heavy (non-hydrogen) atoms. The number of piperidine rings is 1. The third-order valence-corrected chi connectivity index (χ3v) is 6.26. The number of benzene rings is 1. The fourth-order valence-electron chi connectivity index (χ4n) is 4.17. The zero-order valence-corrected chi connectivity index (χ0v) is 19.1. The number of carbonyl (C=O) groups excluding carboxylic acids is 3. The fraction of sp³-hybridized carbons (Fsp3) is 0.609. The molecule has 1 unspecified atom stereocenters. The molecule has 2 saturated heterocycles. The van der Waals surface area contributed by atoms with Gasteiger partial charge in [0.15, 0.2) is 0 Å². The molecule has 0 bridgehead atoms. The van der Waals surface area contributed by atoms with Crippen molar-refractivity contribution >= 4 is 29.3 Å². The van der Waals surface area contributed by atoms with Crippen molar-refractivity contribution in [2.45, 2.75) is 58.0 Å². The van der Waals surface area contributed by atoms with Gasteiger partial charge < -0.3 is 19.9 Å². The number of rotatable bonds is 8. The molecule has 1 N–H and O–H groups in total. The molecular formula is C23H32ClN3O4. The van der Waals surface area contributed by atoms with Gasteiger partial charge >= 0.3 is 0 Å². The highest BCUT2D eigenvalue weighted by Crippen LogP contribution is 2.24. The molecule has 3 amide bonds. The lowest BCUT2D eigenvalue weighted by atomic mass is 10.0. The largest absolute Gasteiger partial charge is 0.492 e. The smallest absolute Gasteiger partial charge is 0.227 e. The van der Waals surface area contributed by atoms with Crippen molar-refractivity contribution in [1.82, 2.24) is 15.1 Å². The number of nitrogens with one attached hydrogen (secondary N) is 1. The van der Waals surface area contributed by atoms with Crippen molar-refractivity contribution < 1.29 is 19.1 Å². The molecular weight excluding hydrogens is 418 g/mol. The SMILES string of the molecule is CC(C)N1CC(C(=O)N2CCC(NC(=O)CCCOc3ccccc3Cl)CC2)CC1=O. The molecule has 170 valence electrons. The lowest BCUT2D eigenvalue weighted by Crippen LogP contribution is -2.48. The molecule has 8 heteroatoms. The number of ether oxygens (including phenoxy) is 1. The van der Waals surface area contributed by atoms with Crippen LogP contribution in [0.25, 0.3) is 0 Å². The minimum atomic E-state index is -0.237. The van der Waals surface area contributed by atoms with Crippen molar-refractivity contribution in [3.63, 3.8) is 0 Å². The van der Waals surface area contributed by atoms with E-state index in [0.717, 1.165) is 12.8 Å². The summed E-state index contributed by atoms with van der Waals surface area (Å²) in [5.74, 6) is 0.523. The minimum Gasteiger partial charge on any atom is -0.492 e. The first-order chi connectivity index (χ1) is 14.8. The number of hydrogen-bond donors (Lipinski definition) is 1. The van der Waals surface area contributed by atoms with Crippen LogP contribution in [0.5, 0.6) is 5.75 Å². The van der Waals surface area contributed by atoms with E-state index in [4.69, 9.17) is 16.3 Å². The van der Waals surface area contributed by atoms with Gasteiger partial charge in [-0.2, -0.15) is 0 Å². The number of amides is 3. The van der Waals surface area contributed by atoms with Gasteiger partial charge in [0.25, 0.3) is 0 Å². The Bertz CT molecular complexity index is 793. The minimum absolute atomic E-state index is 0.00139. The summed E-state index contributed by atoms with van der Waals surface area (Å²) in [5, 5.41) is 3.63. The highest BCUT2D eigenvalue weighted by Gasteiger charge is 2.38. The zero-order valence-electron chi connectivity index (χ0n) is 18.3. The van der Waals surface area contributed by atoms with Gasteiger partial charge in [-0.1, -0.05) is 23.7 Å². The molecule has 0 saturated carbocycles. The maximum atomic E-state index is 12.8. The second-order valence-corrected chi connectivity index (χ2v) is 9.00. The molecule has 3 rings (SSSR count). The number of halogens is 1. The average molecular weight is 450 g/mol. The van der Waals surface area contributed by atoms with Crippen molar-refractivity contribution in [3.05, 3.63) is 29.3 Å². The van der Waals surface area contributed by atoms with Gasteiger partial charge in [0.2, 0.25) is 17.7 Å². The van der Waals surface area contributed by atoms with Gasteiger partial charge in [-0.05, 0) is 45.2 Å². The lowest BCUT2D eigenvalue weighted by molar-refractivity contribution is -0.137. The first kappa shape index (κ1) is 23.4. The summed E-state index contributed by atoms with van der Waals surface area (Å²) < 4.78 is 5.61. The Hall–Kier alpha value is -2.28. The van der Waals surface area contributed by atoms with E-state index in [9.17, 15) is 14.4 Å². The molecule has 0 radical (unpaired) electrons. The van der Waals surface area contributed by atoms with E-state index in [2.05, 4.69) is 5.32 Å². The standard InChI is InChI=1S/C23H32ClN3O4/c1-16(2)27-15-17(14-22(27)29)23(30)26-11-9-18(10-12-26)25-21(28)8-5-13-31-20-7-4-3-6-19(20)24/h3-4,6-7,16-18H,5,8-15H2,1-2H3,(H,25,28). The van der Waals surface area contributed by atoms with Gasteiger partial charge in [-0.3, -0.25) is 14.4 Å². The first-order valence-electron chi connectivity index (χ1n) is 11.1. The van der Waals surface area contributed by atoms with Crippen LogP contribution in [-0.2, 0) is 14.4 Å². The highest BCUT2D eigenvalue weighted by molar-refractivity contribution is 6.32. The Balaban J connectivity index is 1.33. The van der Waals surface area contributed by atoms with Crippen LogP contribution in [0, 0.1) is 5.92 Å². The summed E-state index contributed by atoms with van der Waals surface area (Å²) in [6, 6.07) is 7.48. The molecule has 0 aromatic heterocycles. The third-order valence-electron chi connectivity index (χ3n) is 5.95. The van der Waals surface area contributed by atoms with Crippen LogP contribution >= 0.6 is 11.6 Å². The zero-order chi connectivity index (χ0) is 22.4. The van der Waals surface area contributed by atoms with Gasteiger partial charge in [0, 0.05) is 44.6 Å². The summed E-state index contributed by atoms with van der Waals surface area (Å²) in [7, 11) is 0. The number of nitrogens with zero attached hydrogens (tertiary/aromatic N) is 2. The van der Waals surface area contributed by atoms with Crippen molar-refractivity contribution in [2.24, 2.45) is 5.92 Å². The Morgan fingerprint density at radius 1 is 1.23 bits per heavy atom. The Kier molecular flexibility index (Phi) is 8.18. The second-order valence-electron chi connectivity index (χ2n) is 8.59. The molecule has 7 nitrogen and oxygen atoms in total. The van der Waals surface area contributed by atoms with E-state index in [1.807, 2.05) is 30.9 Å². The average Bonchev–Trinajstić information content (AvgIpc) is 3.14. The Morgan fingerprint density at radius 2 is 1.94 bits per heavy atom. The van der Waals surface area contributed by atoms with Crippen LogP contribution in [0.3, 0.4) is 0 Å². The van der Waals surface area contributed by atoms with Crippen LogP contribution in [0.2, 0.25) is 5.02 Å². The molecule has 0 spiro atoms. The van der Waals surface area contributed by atoms with Crippen molar-refractivity contribution in [1.29, 1.82) is 0 Å². The Labute approximate surface area is 189 Å². The van der Waals surface area contributed by atoms with Gasteiger partial charge in [-0.25, -0.2) is 0 Å². The van der Waals surface area contributed by atoms with E-state index >= 15 is 0 Å². The van der Waals surface area contributed by atoms with Crippen LogP contribution in [0.15, 0.2) is 24.3 Å². The summed E-state index contributed by atoms with van der Waals surface area (Å²) in [6.45, 7) is 6.13. The first-order valence-corrected chi connectivity index (χ1v) is 11.5. The molecule has 2 aliphatic heterocycles. The highest BCUT2D eigenvalue weighted by atomic mass is 35.5. The third kappa shape index (κ3) is 6.35. The van der Waals surface area contributed by atoms with Crippen LogP contribution in [0.4, 0.5) is 0 Å². The van der Waals surface area contributed by atoms with E-state index < -0.39 is 0 Å². The van der Waals surface area contributed by atoms with Crippen molar-refractivity contribution in [3.8, 4) is 5.75 Å². The molecule has 1 atom stereocenters. The van der Waals surface area contributed by atoms with Crippen LogP contribution in [-0.4, -0.2) is 65.8 Å². The van der Waals surface area contributed by atoms with Crippen LogP contribution in [0.1, 0.15) is 46.0 Å². The van der Waals surface area contributed by atoms with Gasteiger partial charge in [-0.15, -0.1) is 0 Å². The summed E-state index contributed by atoms with van der Waals surface area (Å²) >= 11 is 6.05. The summed E-state index contributed by atoms with van der Waals surface area (Å²) in [4.78, 5) is 40.7. The lowest BCUT2D eigenvalue weighted by Gasteiger charge is -2.34. The molecule has 0 aliphatic carbocycles. The molecule has 1 aromatic carbocycles. The number of likely N-dealkylation sites (tertiary alicyclic amines) is 2. The number of para-hydroxylation sites is 1. The van der Waals surface area contributed by atoms with E-state index in [0.29, 0.717) is 56.3 Å². The summed E-state index contributed by atoms with van der Waals surface area (Å²) in [6.07, 6.45) is 2.78. The second kappa shape index (κ2) is 10.8. The van der Waals surface area contributed by atoms with Gasteiger partial charge in [0.05, 0.1) is 17.5 Å². The predicted octanol–water partition coefficient (Wildman–Crippen LogP) is 2.86. The Morgan fingerprint density at radius 3 is 2.58 bits per heavy atom. The maximum Gasteiger partial charge on any atom is 0.227 e. The topological polar surface area (TPSA) is 79.0 Å². The quantitative estimate of drug-likeness (QED) is 0.619. The monoisotopic (exact) mass is 449 g/mol. The van der Waals surface area contributed by atoms with Crippen LogP contribution < -0.4 is 10.1 Å². The fourth-order valence-corrected chi connectivity index (χ4v) is 4.37. The maximum absolute atomic E-state index is 12.8. The van der Waals surface area contributed by atoms with Gasteiger partial charge in [0.1, 0.15) is 5.75 Å². The number of hydrogen-bond acceptors (Lipinski definition) is 4. The molecule has 1 aromatic rings. The van der Waals surface area contributed by atoms with E-state index in [1.165, 1.54) is 0 Å². The number of carbonyl (C=O) groups is 3. The molecule has 2 aliphatic rings. The van der Waals surface area contributed by atoms with Crippen molar-refractivity contribution in [2.75, 3.05) is 26.2 Å². The van der Waals surface area contributed by atoms with E-state index in [-0.39, 0.29) is 35.7 Å². The molecule has 2 heterocycles.